The van der Waals surface area contributed by atoms with Crippen LogP contribution in [-0.2, 0) is 0 Å². The first-order chi connectivity index (χ1) is 11.6. The van der Waals surface area contributed by atoms with E-state index in [-0.39, 0.29) is 24.0 Å². The lowest BCUT2D eigenvalue weighted by Gasteiger charge is -2.41. The molecular weight excluding hydrogens is 425 g/mol. The number of hydrogen-bond acceptors (Lipinski definition) is 3. The van der Waals surface area contributed by atoms with E-state index in [1.807, 2.05) is 7.05 Å². The fraction of sp³-hybridized carbons (Fsp3) is 0.947. The van der Waals surface area contributed by atoms with Crippen LogP contribution >= 0.6 is 24.0 Å². The Morgan fingerprint density at radius 2 is 1.72 bits per heavy atom. The fourth-order valence-corrected chi connectivity index (χ4v) is 3.89. The third-order valence-corrected chi connectivity index (χ3v) is 6.12. The first kappa shape index (κ1) is 23.0. The standard InChI is InChI=1S/C19H39N5.HI/c1-5-19(8-7-9-19)16-22-18(20-4)21-14-17(3)15-24-12-10-23(6-2)11-13-24;/h17H,5-16H2,1-4H3,(H2,20,21,22);1H. The van der Waals surface area contributed by atoms with Gasteiger partial charge in [-0.05, 0) is 37.1 Å². The molecule has 6 heteroatoms. The van der Waals surface area contributed by atoms with E-state index in [0.717, 1.165) is 19.0 Å². The van der Waals surface area contributed by atoms with E-state index in [9.17, 15) is 0 Å². The quantitative estimate of drug-likeness (QED) is 0.329. The third-order valence-electron chi connectivity index (χ3n) is 6.12. The van der Waals surface area contributed by atoms with Gasteiger partial charge in [0.1, 0.15) is 0 Å². The zero-order chi connectivity index (χ0) is 17.4. The third kappa shape index (κ3) is 7.21. The second kappa shape index (κ2) is 11.6. The number of piperazine rings is 1. The van der Waals surface area contributed by atoms with Crippen molar-refractivity contribution in [2.24, 2.45) is 16.3 Å². The zero-order valence-corrected chi connectivity index (χ0v) is 19.1. The van der Waals surface area contributed by atoms with Crippen LogP contribution in [0.1, 0.15) is 46.5 Å². The molecule has 0 bridgehead atoms. The van der Waals surface area contributed by atoms with Gasteiger partial charge in [-0.1, -0.05) is 27.2 Å². The number of nitrogens with zero attached hydrogens (tertiary/aromatic N) is 3. The van der Waals surface area contributed by atoms with Crippen LogP contribution < -0.4 is 10.6 Å². The summed E-state index contributed by atoms with van der Waals surface area (Å²) >= 11 is 0. The van der Waals surface area contributed by atoms with Crippen LogP contribution in [0.2, 0.25) is 0 Å². The lowest BCUT2D eigenvalue weighted by molar-refractivity contribution is 0.124. The number of guanidine groups is 1. The molecule has 2 aliphatic rings. The average Bonchev–Trinajstić information content (AvgIpc) is 2.57. The monoisotopic (exact) mass is 465 g/mol. The van der Waals surface area contributed by atoms with E-state index in [0.29, 0.717) is 11.3 Å². The van der Waals surface area contributed by atoms with Gasteiger partial charge in [0.15, 0.2) is 5.96 Å². The van der Waals surface area contributed by atoms with Gasteiger partial charge in [-0.2, -0.15) is 0 Å². The molecule has 0 spiro atoms. The Labute approximate surface area is 172 Å². The molecule has 148 valence electrons. The zero-order valence-electron chi connectivity index (χ0n) is 16.8. The molecule has 1 aliphatic heterocycles. The van der Waals surface area contributed by atoms with Crippen molar-refractivity contribution in [3.63, 3.8) is 0 Å². The van der Waals surface area contributed by atoms with E-state index < -0.39 is 0 Å². The lowest BCUT2D eigenvalue weighted by Crippen LogP contribution is -2.49. The van der Waals surface area contributed by atoms with Crippen molar-refractivity contribution in [2.45, 2.75) is 46.5 Å². The van der Waals surface area contributed by atoms with Gasteiger partial charge in [-0.3, -0.25) is 4.99 Å². The molecule has 0 aromatic carbocycles. The van der Waals surface area contributed by atoms with Gasteiger partial charge >= 0.3 is 0 Å². The van der Waals surface area contributed by atoms with Crippen LogP contribution in [-0.4, -0.2) is 75.2 Å². The van der Waals surface area contributed by atoms with Crippen LogP contribution in [0.15, 0.2) is 4.99 Å². The molecule has 0 amide bonds. The van der Waals surface area contributed by atoms with Crippen molar-refractivity contribution in [1.29, 1.82) is 0 Å². The molecule has 5 nitrogen and oxygen atoms in total. The van der Waals surface area contributed by atoms with E-state index >= 15 is 0 Å². The molecule has 1 heterocycles. The average molecular weight is 465 g/mol. The maximum absolute atomic E-state index is 4.40. The van der Waals surface area contributed by atoms with Crippen molar-refractivity contribution in [2.75, 3.05) is 59.4 Å². The molecule has 2 N–H and O–H groups in total. The number of hydrogen-bond donors (Lipinski definition) is 2. The summed E-state index contributed by atoms with van der Waals surface area (Å²) in [5.41, 5.74) is 0.530. The van der Waals surface area contributed by atoms with Gasteiger partial charge < -0.3 is 20.4 Å². The highest BCUT2D eigenvalue weighted by Crippen LogP contribution is 2.42. The highest BCUT2D eigenvalue weighted by atomic mass is 127. The molecule has 25 heavy (non-hydrogen) atoms. The van der Waals surface area contributed by atoms with Crippen molar-refractivity contribution in [3.05, 3.63) is 0 Å². The van der Waals surface area contributed by atoms with Crippen molar-refractivity contribution >= 4 is 29.9 Å². The summed E-state index contributed by atoms with van der Waals surface area (Å²) in [7, 11) is 1.88. The van der Waals surface area contributed by atoms with E-state index in [4.69, 9.17) is 0 Å². The van der Waals surface area contributed by atoms with Crippen molar-refractivity contribution < 1.29 is 0 Å². The van der Waals surface area contributed by atoms with Gasteiger partial charge in [-0.25, -0.2) is 0 Å². The summed E-state index contributed by atoms with van der Waals surface area (Å²) < 4.78 is 0. The second-order valence-electron chi connectivity index (χ2n) is 7.85. The number of rotatable bonds is 8. The SMILES string of the molecule is CCN1CCN(CC(C)CNC(=NC)NCC2(CC)CCC2)CC1.I. The van der Waals surface area contributed by atoms with Gasteiger partial charge in [0.25, 0.3) is 0 Å². The van der Waals surface area contributed by atoms with Crippen LogP contribution in [0.25, 0.3) is 0 Å². The normalized spacial score (nSPS) is 22.6. The summed E-state index contributed by atoms with van der Waals surface area (Å²) in [4.78, 5) is 9.54. The minimum atomic E-state index is 0. The molecule has 1 unspecified atom stereocenters. The van der Waals surface area contributed by atoms with Gasteiger partial charge in [0, 0.05) is 52.9 Å². The van der Waals surface area contributed by atoms with Crippen LogP contribution in [0.4, 0.5) is 0 Å². The number of nitrogens with one attached hydrogen (secondary N) is 2. The smallest absolute Gasteiger partial charge is 0.191 e. The Morgan fingerprint density at radius 1 is 1.08 bits per heavy atom. The second-order valence-corrected chi connectivity index (χ2v) is 7.85. The topological polar surface area (TPSA) is 42.9 Å². The molecule has 2 rings (SSSR count). The summed E-state index contributed by atoms with van der Waals surface area (Å²) in [6.07, 6.45) is 5.41. The Kier molecular flexibility index (Phi) is 10.6. The van der Waals surface area contributed by atoms with Crippen LogP contribution in [0.3, 0.4) is 0 Å². The predicted molar refractivity (Wildman–Crippen MR) is 119 cm³/mol. The Balaban J connectivity index is 0.00000312. The number of halogens is 1. The maximum Gasteiger partial charge on any atom is 0.191 e. The molecule has 2 fully saturated rings. The van der Waals surface area contributed by atoms with Gasteiger partial charge in [0.2, 0.25) is 0 Å². The van der Waals surface area contributed by atoms with Crippen molar-refractivity contribution in [1.82, 2.24) is 20.4 Å². The molecule has 1 saturated heterocycles. The lowest BCUT2D eigenvalue weighted by atomic mass is 9.67. The fourth-order valence-electron chi connectivity index (χ4n) is 3.89. The highest BCUT2D eigenvalue weighted by molar-refractivity contribution is 14.0. The highest BCUT2D eigenvalue weighted by Gasteiger charge is 2.34. The first-order valence-corrected chi connectivity index (χ1v) is 10.00. The van der Waals surface area contributed by atoms with Crippen LogP contribution in [0, 0.1) is 11.3 Å². The van der Waals surface area contributed by atoms with Gasteiger partial charge in [0.05, 0.1) is 0 Å². The largest absolute Gasteiger partial charge is 0.356 e. The molecule has 1 saturated carbocycles. The summed E-state index contributed by atoms with van der Waals surface area (Å²) in [6, 6.07) is 0. The van der Waals surface area contributed by atoms with Gasteiger partial charge in [-0.15, -0.1) is 24.0 Å². The Morgan fingerprint density at radius 3 is 2.20 bits per heavy atom. The molecular formula is C19H40IN5. The van der Waals surface area contributed by atoms with E-state index in [2.05, 4.69) is 46.2 Å². The number of likely N-dealkylation sites (N-methyl/N-ethyl adjacent to an activating group) is 1. The Bertz CT molecular complexity index is 384. The first-order valence-electron chi connectivity index (χ1n) is 10.00. The summed E-state index contributed by atoms with van der Waals surface area (Å²) in [6.45, 7) is 16.2. The molecule has 1 aliphatic carbocycles. The number of aliphatic imine (C=N–C) groups is 1. The van der Waals surface area contributed by atoms with E-state index in [1.165, 1.54) is 65.0 Å². The predicted octanol–water partition coefficient (Wildman–Crippen LogP) is 2.62. The van der Waals surface area contributed by atoms with E-state index in [1.54, 1.807) is 0 Å². The van der Waals surface area contributed by atoms with Crippen LogP contribution in [0.5, 0.6) is 0 Å². The minimum Gasteiger partial charge on any atom is -0.356 e. The van der Waals surface area contributed by atoms with Crippen molar-refractivity contribution in [3.8, 4) is 0 Å². The Hall–Kier alpha value is -0.0800. The molecule has 0 aromatic heterocycles. The molecule has 1 atom stereocenters. The molecule has 0 aromatic rings. The summed E-state index contributed by atoms with van der Waals surface area (Å²) in [5, 5.41) is 7.08. The summed E-state index contributed by atoms with van der Waals surface area (Å²) in [5.74, 6) is 1.61. The minimum absolute atomic E-state index is 0. The maximum atomic E-state index is 4.40. The molecule has 0 radical (unpaired) electrons.